The zero-order valence-electron chi connectivity index (χ0n) is 17.1. The maximum Gasteiger partial charge on any atom is 0.340 e. The second kappa shape index (κ2) is 8.26. The van der Waals surface area contributed by atoms with Crippen LogP contribution < -0.4 is 10.6 Å². The molecule has 2 fully saturated rings. The maximum atomic E-state index is 12.6. The second-order valence-corrected chi connectivity index (χ2v) is 7.63. The van der Waals surface area contributed by atoms with Gasteiger partial charge in [-0.1, -0.05) is 12.8 Å². The van der Waals surface area contributed by atoms with Crippen LogP contribution in [0.2, 0.25) is 0 Å². The number of imide groups is 1. The van der Waals surface area contributed by atoms with Crippen LogP contribution in [0.25, 0.3) is 0 Å². The van der Waals surface area contributed by atoms with Crippen molar-refractivity contribution in [3.05, 3.63) is 22.5 Å². The fourth-order valence-corrected chi connectivity index (χ4v) is 4.21. The highest BCUT2D eigenvalue weighted by molar-refractivity contribution is 6.07. The monoisotopic (exact) mass is 404 g/mol. The number of aromatic amines is 1. The van der Waals surface area contributed by atoms with Crippen LogP contribution >= 0.6 is 0 Å². The van der Waals surface area contributed by atoms with Gasteiger partial charge >= 0.3 is 12.0 Å². The van der Waals surface area contributed by atoms with Crippen molar-refractivity contribution in [1.82, 2.24) is 20.5 Å². The van der Waals surface area contributed by atoms with Gasteiger partial charge in [-0.2, -0.15) is 0 Å². The number of carbonyl (C=O) groups excluding carboxylic acids is 4. The van der Waals surface area contributed by atoms with Crippen molar-refractivity contribution in [3.8, 4) is 0 Å². The van der Waals surface area contributed by atoms with Gasteiger partial charge in [0, 0.05) is 18.8 Å². The molecule has 0 aromatic carbocycles. The van der Waals surface area contributed by atoms with E-state index < -0.39 is 11.5 Å². The van der Waals surface area contributed by atoms with Crippen LogP contribution in [-0.4, -0.2) is 58.9 Å². The summed E-state index contributed by atoms with van der Waals surface area (Å²) in [6, 6.07) is -0.349. The van der Waals surface area contributed by atoms with Crippen molar-refractivity contribution in [2.45, 2.75) is 58.4 Å². The third-order valence-electron chi connectivity index (χ3n) is 5.69. The zero-order valence-corrected chi connectivity index (χ0v) is 17.1. The molecule has 4 amide bonds. The Kier molecular flexibility index (Phi) is 5.95. The van der Waals surface area contributed by atoms with Crippen molar-refractivity contribution >= 4 is 23.8 Å². The zero-order chi connectivity index (χ0) is 21.2. The van der Waals surface area contributed by atoms with Gasteiger partial charge in [-0.15, -0.1) is 0 Å². The van der Waals surface area contributed by atoms with E-state index in [-0.39, 0.29) is 31.0 Å². The van der Waals surface area contributed by atoms with Crippen LogP contribution in [0.1, 0.15) is 71.1 Å². The Balaban J connectivity index is 1.53. The molecule has 0 atom stereocenters. The SMILES string of the molecule is CCOC(=O)c1c(C)[nH]c(C(=O)NCCCN2C(=O)NC3(CCCC3)C2=O)c1C. The van der Waals surface area contributed by atoms with Crippen LogP contribution in [-0.2, 0) is 9.53 Å². The molecular weight excluding hydrogens is 376 g/mol. The van der Waals surface area contributed by atoms with E-state index in [2.05, 4.69) is 15.6 Å². The lowest BCUT2D eigenvalue weighted by Crippen LogP contribution is -2.44. The molecule has 2 heterocycles. The second-order valence-electron chi connectivity index (χ2n) is 7.63. The normalized spacial score (nSPS) is 17.7. The number of aryl methyl sites for hydroxylation is 1. The maximum absolute atomic E-state index is 12.6. The molecule has 3 rings (SSSR count). The minimum absolute atomic E-state index is 0.152. The van der Waals surface area contributed by atoms with Crippen LogP contribution in [0.4, 0.5) is 4.79 Å². The molecule has 9 nitrogen and oxygen atoms in total. The molecule has 1 aliphatic heterocycles. The minimum atomic E-state index is -0.706. The number of ether oxygens (including phenoxy) is 1. The first-order chi connectivity index (χ1) is 13.8. The highest BCUT2D eigenvalue weighted by atomic mass is 16.5. The summed E-state index contributed by atoms with van der Waals surface area (Å²) in [7, 11) is 0. The number of rotatable bonds is 7. The van der Waals surface area contributed by atoms with E-state index in [0.717, 1.165) is 12.8 Å². The number of nitrogens with zero attached hydrogens (tertiary/aromatic N) is 1. The Bertz CT molecular complexity index is 838. The largest absolute Gasteiger partial charge is 0.462 e. The lowest BCUT2D eigenvalue weighted by Gasteiger charge is -2.20. The Morgan fingerprint density at radius 2 is 1.90 bits per heavy atom. The molecule has 0 unspecified atom stereocenters. The number of amides is 4. The molecule has 1 spiro atoms. The highest BCUT2D eigenvalue weighted by Crippen LogP contribution is 2.35. The molecular formula is C20H28N4O5. The summed E-state index contributed by atoms with van der Waals surface area (Å²) in [4.78, 5) is 53.5. The average molecular weight is 404 g/mol. The number of H-pyrrole nitrogens is 1. The summed E-state index contributed by atoms with van der Waals surface area (Å²) in [6.45, 7) is 5.95. The third kappa shape index (κ3) is 3.86. The molecule has 1 aromatic heterocycles. The number of urea groups is 1. The molecule has 1 aromatic rings. The van der Waals surface area contributed by atoms with Gasteiger partial charge in [0.1, 0.15) is 11.2 Å². The molecule has 1 saturated heterocycles. The Hall–Kier alpha value is -2.84. The van der Waals surface area contributed by atoms with Crippen molar-refractivity contribution < 1.29 is 23.9 Å². The first-order valence-corrected chi connectivity index (χ1v) is 10.1. The van der Waals surface area contributed by atoms with Crippen molar-refractivity contribution in [2.24, 2.45) is 0 Å². The molecule has 0 radical (unpaired) electrons. The lowest BCUT2D eigenvalue weighted by atomic mass is 9.98. The molecule has 1 aliphatic carbocycles. The summed E-state index contributed by atoms with van der Waals surface area (Å²) in [5.41, 5.74) is 1.09. The van der Waals surface area contributed by atoms with Gasteiger partial charge in [0.15, 0.2) is 0 Å². The summed E-state index contributed by atoms with van der Waals surface area (Å²) in [5, 5.41) is 5.62. The standard InChI is InChI=1S/C20H28N4O5/c1-4-29-17(26)14-12(2)15(22-13(14)3)16(25)21-10-7-11-24-18(27)20(23-19(24)28)8-5-6-9-20/h22H,4-11H2,1-3H3,(H,21,25)(H,23,28). The fraction of sp³-hybridized carbons (Fsp3) is 0.600. The van der Waals surface area contributed by atoms with Crippen molar-refractivity contribution in [2.75, 3.05) is 19.7 Å². The van der Waals surface area contributed by atoms with Gasteiger partial charge in [0.25, 0.3) is 11.8 Å². The number of hydrogen-bond acceptors (Lipinski definition) is 5. The summed E-state index contributed by atoms with van der Waals surface area (Å²) < 4.78 is 5.03. The van der Waals surface area contributed by atoms with Crippen molar-refractivity contribution in [3.63, 3.8) is 0 Å². The predicted octanol–water partition coefficient (Wildman–Crippen LogP) is 1.79. The van der Waals surface area contributed by atoms with E-state index >= 15 is 0 Å². The first-order valence-electron chi connectivity index (χ1n) is 10.1. The van der Waals surface area contributed by atoms with Gasteiger partial charge in [0.05, 0.1) is 12.2 Å². The van der Waals surface area contributed by atoms with E-state index in [4.69, 9.17) is 4.74 Å². The number of nitrogens with one attached hydrogen (secondary N) is 3. The van der Waals surface area contributed by atoms with E-state index in [1.54, 1.807) is 20.8 Å². The Morgan fingerprint density at radius 3 is 2.55 bits per heavy atom. The van der Waals surface area contributed by atoms with Crippen LogP contribution in [0.15, 0.2) is 0 Å². The molecule has 0 bridgehead atoms. The van der Waals surface area contributed by atoms with Gasteiger partial charge in [-0.25, -0.2) is 9.59 Å². The third-order valence-corrected chi connectivity index (χ3v) is 5.69. The van der Waals surface area contributed by atoms with Crippen LogP contribution in [0, 0.1) is 13.8 Å². The molecule has 29 heavy (non-hydrogen) atoms. The summed E-state index contributed by atoms with van der Waals surface area (Å²) in [6.07, 6.45) is 3.72. The van der Waals surface area contributed by atoms with Crippen LogP contribution in [0.5, 0.6) is 0 Å². The van der Waals surface area contributed by atoms with Gasteiger partial charge in [0.2, 0.25) is 0 Å². The van der Waals surface area contributed by atoms with E-state index in [9.17, 15) is 19.2 Å². The molecule has 1 saturated carbocycles. The van der Waals surface area contributed by atoms with Gasteiger partial charge in [-0.3, -0.25) is 14.5 Å². The fourth-order valence-electron chi connectivity index (χ4n) is 4.21. The molecule has 9 heteroatoms. The van der Waals surface area contributed by atoms with Gasteiger partial charge in [-0.05, 0) is 45.6 Å². The molecule has 3 N–H and O–H groups in total. The smallest absolute Gasteiger partial charge is 0.340 e. The molecule has 158 valence electrons. The van der Waals surface area contributed by atoms with E-state index in [1.165, 1.54) is 4.90 Å². The number of esters is 1. The number of hydrogen-bond donors (Lipinski definition) is 3. The van der Waals surface area contributed by atoms with E-state index in [1.807, 2.05) is 0 Å². The molecule has 2 aliphatic rings. The average Bonchev–Trinajstić information content (AvgIpc) is 3.32. The first kappa shape index (κ1) is 20.9. The number of carbonyl (C=O) groups is 4. The Labute approximate surface area is 169 Å². The minimum Gasteiger partial charge on any atom is -0.462 e. The quantitative estimate of drug-likeness (QED) is 0.363. The summed E-state index contributed by atoms with van der Waals surface area (Å²) >= 11 is 0. The lowest BCUT2D eigenvalue weighted by molar-refractivity contribution is -0.131. The number of aromatic nitrogens is 1. The van der Waals surface area contributed by atoms with E-state index in [0.29, 0.717) is 48.3 Å². The topological polar surface area (TPSA) is 121 Å². The highest BCUT2D eigenvalue weighted by Gasteiger charge is 2.51. The Morgan fingerprint density at radius 1 is 1.21 bits per heavy atom. The summed E-state index contributed by atoms with van der Waals surface area (Å²) in [5.74, 6) is -0.955. The van der Waals surface area contributed by atoms with Crippen molar-refractivity contribution in [1.29, 1.82) is 0 Å². The van der Waals surface area contributed by atoms with Crippen LogP contribution in [0.3, 0.4) is 0 Å². The predicted molar refractivity (Wildman–Crippen MR) is 105 cm³/mol. The van der Waals surface area contributed by atoms with Gasteiger partial charge < -0.3 is 20.4 Å².